The molecule has 1 N–H and O–H groups in total. The van der Waals surface area contributed by atoms with Crippen LogP contribution in [-0.4, -0.2) is 30.6 Å². The molecule has 0 unspecified atom stereocenters. The van der Waals surface area contributed by atoms with Crippen LogP contribution in [-0.2, 0) is 12.8 Å². The van der Waals surface area contributed by atoms with Crippen molar-refractivity contribution in [1.29, 1.82) is 0 Å². The molecule has 0 saturated carbocycles. The second-order valence-electron chi connectivity index (χ2n) is 5.09. The van der Waals surface area contributed by atoms with E-state index < -0.39 is 5.97 Å². The molecule has 0 bridgehead atoms. The highest BCUT2D eigenvalue weighted by molar-refractivity contribution is 7.98. The van der Waals surface area contributed by atoms with Gasteiger partial charge in [0.15, 0.2) is 0 Å². The Morgan fingerprint density at radius 2 is 2.14 bits per heavy atom. The number of aryl methyl sites for hydroxylation is 2. The van der Waals surface area contributed by atoms with Crippen LogP contribution in [0.1, 0.15) is 47.3 Å². The number of thioether (sulfide) groups is 1. The predicted octanol–water partition coefficient (Wildman–Crippen LogP) is 2.63. The topological polar surface area (TPSA) is 80.9 Å². The van der Waals surface area contributed by atoms with Gasteiger partial charge in [0.05, 0.1) is 12.0 Å². The van der Waals surface area contributed by atoms with Crippen LogP contribution >= 0.6 is 11.8 Å². The van der Waals surface area contributed by atoms with Crippen molar-refractivity contribution in [2.24, 2.45) is 7.05 Å². The van der Waals surface area contributed by atoms with Gasteiger partial charge < -0.3 is 9.67 Å². The van der Waals surface area contributed by atoms with E-state index in [9.17, 15) is 9.90 Å². The van der Waals surface area contributed by atoms with Crippen LogP contribution in [0.3, 0.4) is 0 Å². The highest BCUT2D eigenvalue weighted by Crippen LogP contribution is 2.27. The zero-order valence-corrected chi connectivity index (χ0v) is 13.3. The number of aromatic nitrogens is 4. The lowest BCUT2D eigenvalue weighted by molar-refractivity contribution is 0.0690. The summed E-state index contributed by atoms with van der Waals surface area (Å²) >= 11 is 1.40. The number of carbonyl (C=O) groups is 1. The summed E-state index contributed by atoms with van der Waals surface area (Å²) < 4.78 is 1.91. The van der Waals surface area contributed by atoms with Crippen molar-refractivity contribution in [1.82, 2.24) is 19.5 Å². The first-order valence-corrected chi connectivity index (χ1v) is 7.58. The minimum absolute atomic E-state index is 0.155. The summed E-state index contributed by atoms with van der Waals surface area (Å²) in [5, 5.41) is 9.89. The van der Waals surface area contributed by atoms with Crippen LogP contribution < -0.4 is 0 Å². The van der Waals surface area contributed by atoms with Crippen LogP contribution in [0.15, 0.2) is 17.6 Å². The van der Waals surface area contributed by atoms with Gasteiger partial charge in [0.1, 0.15) is 16.4 Å². The van der Waals surface area contributed by atoms with Crippen LogP contribution in [0.2, 0.25) is 0 Å². The van der Waals surface area contributed by atoms with Gasteiger partial charge in [-0.1, -0.05) is 25.6 Å². The Kier molecular flexibility index (Phi) is 4.62. The maximum absolute atomic E-state index is 11.4. The summed E-state index contributed by atoms with van der Waals surface area (Å²) in [5.41, 5.74) is 1.71. The third-order valence-corrected chi connectivity index (χ3v) is 4.09. The fourth-order valence-corrected chi connectivity index (χ4v) is 2.94. The largest absolute Gasteiger partial charge is 0.478 e. The summed E-state index contributed by atoms with van der Waals surface area (Å²) in [6, 6.07) is 0. The van der Waals surface area contributed by atoms with Crippen LogP contribution in [0.25, 0.3) is 0 Å². The molecular formula is C14H18N4O2S. The maximum atomic E-state index is 11.4. The highest BCUT2D eigenvalue weighted by atomic mass is 32.2. The monoisotopic (exact) mass is 306 g/mol. The van der Waals surface area contributed by atoms with E-state index in [1.807, 2.05) is 25.5 Å². The number of carboxylic acid groups (broad SMARTS) is 1. The van der Waals surface area contributed by atoms with Gasteiger partial charge in [-0.3, -0.25) is 0 Å². The van der Waals surface area contributed by atoms with Gasteiger partial charge in [-0.25, -0.2) is 19.7 Å². The number of aromatic carboxylic acids is 1. The molecule has 2 aromatic rings. The van der Waals surface area contributed by atoms with Gasteiger partial charge in [0, 0.05) is 30.6 Å². The summed E-state index contributed by atoms with van der Waals surface area (Å²) in [6.07, 6.45) is 3.49. The van der Waals surface area contributed by atoms with Crippen molar-refractivity contribution in [2.45, 2.75) is 37.5 Å². The van der Waals surface area contributed by atoms with E-state index in [1.165, 1.54) is 11.8 Å². The molecule has 0 atom stereocenters. The van der Waals surface area contributed by atoms with Crippen LogP contribution in [0.4, 0.5) is 0 Å². The lowest BCUT2D eigenvalue weighted by atomic mass is 10.2. The molecule has 0 aliphatic carbocycles. The van der Waals surface area contributed by atoms with Crippen LogP contribution in [0.5, 0.6) is 0 Å². The predicted molar refractivity (Wildman–Crippen MR) is 80.6 cm³/mol. The second kappa shape index (κ2) is 6.26. The van der Waals surface area contributed by atoms with Crippen molar-refractivity contribution in [3.63, 3.8) is 0 Å². The lowest BCUT2D eigenvalue weighted by Gasteiger charge is -2.12. The SMILES string of the molecule is Cc1nc(C(C)C)nc(SCc2cncn2C)c1C(=O)O. The fraction of sp³-hybridized carbons (Fsp3) is 0.429. The average Bonchev–Trinajstić information content (AvgIpc) is 2.80. The standard InChI is InChI=1S/C14H18N4O2S/c1-8(2)12-16-9(3)11(14(19)20)13(17-12)21-6-10-5-15-7-18(10)4/h5,7-8H,6H2,1-4H3,(H,19,20). The molecule has 2 rings (SSSR count). The minimum atomic E-state index is -0.990. The molecule has 0 aliphatic heterocycles. The second-order valence-corrected chi connectivity index (χ2v) is 6.06. The Hall–Kier alpha value is -1.89. The highest BCUT2D eigenvalue weighted by Gasteiger charge is 2.19. The zero-order valence-electron chi connectivity index (χ0n) is 12.5. The maximum Gasteiger partial charge on any atom is 0.340 e. The van der Waals surface area contributed by atoms with E-state index >= 15 is 0 Å². The average molecular weight is 306 g/mol. The normalized spacial score (nSPS) is 11.1. The van der Waals surface area contributed by atoms with Crippen molar-refractivity contribution in [3.8, 4) is 0 Å². The first kappa shape index (κ1) is 15.5. The Morgan fingerprint density at radius 3 is 2.67 bits per heavy atom. The third-order valence-electron chi connectivity index (χ3n) is 3.08. The molecule has 7 heteroatoms. The number of rotatable bonds is 5. The summed E-state index contributed by atoms with van der Waals surface area (Å²) in [6.45, 7) is 5.70. The molecule has 0 aliphatic rings. The van der Waals surface area contributed by atoms with Gasteiger partial charge in [-0.05, 0) is 6.92 Å². The van der Waals surface area contributed by atoms with E-state index in [2.05, 4.69) is 15.0 Å². The Morgan fingerprint density at radius 1 is 1.43 bits per heavy atom. The molecular weight excluding hydrogens is 288 g/mol. The molecule has 0 aromatic carbocycles. The van der Waals surface area contributed by atoms with E-state index in [4.69, 9.17) is 0 Å². The van der Waals surface area contributed by atoms with Crippen molar-refractivity contribution in [2.75, 3.05) is 0 Å². The molecule has 6 nitrogen and oxygen atoms in total. The van der Waals surface area contributed by atoms with Gasteiger partial charge in [0.25, 0.3) is 0 Å². The zero-order chi connectivity index (χ0) is 15.6. The van der Waals surface area contributed by atoms with E-state index in [1.54, 1.807) is 19.4 Å². The number of hydrogen-bond donors (Lipinski definition) is 1. The molecule has 112 valence electrons. The quantitative estimate of drug-likeness (QED) is 0.675. The van der Waals surface area contributed by atoms with E-state index in [-0.39, 0.29) is 11.5 Å². The van der Waals surface area contributed by atoms with E-state index in [0.717, 1.165) is 5.69 Å². The van der Waals surface area contributed by atoms with Crippen molar-refractivity contribution >= 4 is 17.7 Å². The Labute approximate surface area is 127 Å². The van der Waals surface area contributed by atoms with Gasteiger partial charge in [-0.2, -0.15) is 0 Å². The third kappa shape index (κ3) is 3.41. The van der Waals surface area contributed by atoms with Crippen molar-refractivity contribution in [3.05, 3.63) is 35.3 Å². The van der Waals surface area contributed by atoms with Gasteiger partial charge >= 0.3 is 5.97 Å². The molecule has 0 saturated heterocycles. The first-order valence-electron chi connectivity index (χ1n) is 6.60. The molecule has 21 heavy (non-hydrogen) atoms. The first-order chi connectivity index (χ1) is 9.90. The Balaban J connectivity index is 2.35. The van der Waals surface area contributed by atoms with E-state index in [0.29, 0.717) is 22.3 Å². The smallest absolute Gasteiger partial charge is 0.340 e. The van der Waals surface area contributed by atoms with Crippen molar-refractivity contribution < 1.29 is 9.90 Å². The lowest BCUT2D eigenvalue weighted by Crippen LogP contribution is -2.10. The number of carboxylic acids is 1. The van der Waals surface area contributed by atoms with Crippen LogP contribution in [0, 0.1) is 6.92 Å². The minimum Gasteiger partial charge on any atom is -0.478 e. The molecule has 0 amide bonds. The van der Waals surface area contributed by atoms with Gasteiger partial charge in [0.2, 0.25) is 0 Å². The number of hydrogen-bond acceptors (Lipinski definition) is 5. The molecule has 2 heterocycles. The molecule has 0 radical (unpaired) electrons. The summed E-state index contributed by atoms with van der Waals surface area (Å²) in [7, 11) is 1.91. The fourth-order valence-electron chi connectivity index (χ4n) is 1.84. The molecule has 2 aromatic heterocycles. The number of nitrogens with zero attached hydrogens (tertiary/aromatic N) is 4. The summed E-state index contributed by atoms with van der Waals surface area (Å²) in [5.74, 6) is 0.452. The molecule has 0 fully saturated rings. The summed E-state index contributed by atoms with van der Waals surface area (Å²) in [4.78, 5) is 24.2. The van der Waals surface area contributed by atoms with Gasteiger partial charge in [-0.15, -0.1) is 0 Å². The number of imidazole rings is 1. The molecule has 0 spiro atoms. The Bertz CT molecular complexity index is 667.